The molecule has 2 heterocycles. The molecule has 1 fully saturated rings. The molecule has 4 bridgehead atoms. The molecule has 0 saturated heterocycles. The lowest BCUT2D eigenvalue weighted by Gasteiger charge is -2.27. The number of ether oxygens (including phenoxy) is 1. The Bertz CT molecular complexity index is 1340. The number of nitrogens with zero attached hydrogens (tertiary/aromatic N) is 1. The van der Waals surface area contributed by atoms with Crippen molar-refractivity contribution >= 4 is 10.0 Å². The van der Waals surface area contributed by atoms with Crippen molar-refractivity contribution < 1.29 is 30.7 Å². The highest BCUT2D eigenvalue weighted by Gasteiger charge is 2.45. The molecule has 6 nitrogen and oxygen atoms in total. The molecule has 1 aliphatic carbocycles. The molecule has 10 heteroatoms. The Morgan fingerprint density at radius 1 is 1.12 bits per heavy atom. The Hall–Kier alpha value is -2.85. The monoisotopic (exact) mass is 478 g/mol. The fourth-order valence-corrected chi connectivity index (χ4v) is 5.69. The highest BCUT2D eigenvalue weighted by atomic mass is 32.2. The van der Waals surface area contributed by atoms with Gasteiger partial charge in [0.25, 0.3) is 0 Å². The molecule has 0 amide bonds. The quantitative estimate of drug-likeness (QED) is 0.596. The number of rotatable bonds is 2. The van der Waals surface area contributed by atoms with Crippen molar-refractivity contribution in [1.82, 2.24) is 9.71 Å². The molecule has 1 spiro atoms. The lowest BCUT2D eigenvalue weighted by Crippen LogP contribution is -2.35. The second-order valence-electron chi connectivity index (χ2n) is 8.77. The van der Waals surface area contributed by atoms with Crippen LogP contribution in [0.15, 0.2) is 41.0 Å². The van der Waals surface area contributed by atoms with E-state index in [2.05, 4.69) is 9.71 Å². The molecule has 174 valence electrons. The van der Waals surface area contributed by atoms with Crippen LogP contribution in [0.4, 0.5) is 13.2 Å². The second-order valence-corrected chi connectivity index (χ2v) is 10.6. The Labute approximate surface area is 188 Å². The van der Waals surface area contributed by atoms with E-state index >= 15 is 0 Å². The first-order valence-corrected chi connectivity index (χ1v) is 12.3. The number of fused-ring (bicyclic) bond motifs is 7. The predicted molar refractivity (Wildman–Crippen MR) is 114 cm³/mol. The normalized spacial score (nSPS) is 22.4. The summed E-state index contributed by atoms with van der Waals surface area (Å²) < 4.78 is 80.9. The summed E-state index contributed by atoms with van der Waals surface area (Å²) in [6.07, 6.45) is 4.55. The zero-order valence-electron chi connectivity index (χ0n) is 17.7. The minimum atomic E-state index is -3.40. The van der Waals surface area contributed by atoms with Gasteiger partial charge in [0.15, 0.2) is 11.6 Å². The summed E-state index contributed by atoms with van der Waals surface area (Å²) in [6, 6.07) is 6.40. The number of aromatic nitrogens is 1. The van der Waals surface area contributed by atoms with Gasteiger partial charge in [-0.1, -0.05) is 6.07 Å². The van der Waals surface area contributed by atoms with E-state index < -0.39 is 38.6 Å². The van der Waals surface area contributed by atoms with E-state index in [1.807, 2.05) is 0 Å². The van der Waals surface area contributed by atoms with E-state index in [1.165, 1.54) is 18.4 Å². The van der Waals surface area contributed by atoms with E-state index in [0.29, 0.717) is 37.3 Å². The third-order valence-electron chi connectivity index (χ3n) is 6.27. The van der Waals surface area contributed by atoms with Crippen LogP contribution in [0, 0.1) is 17.5 Å². The molecule has 2 aliphatic rings. The van der Waals surface area contributed by atoms with Crippen LogP contribution in [0.2, 0.25) is 0 Å². The summed E-state index contributed by atoms with van der Waals surface area (Å²) in [5.41, 5.74) is 0.650. The highest BCUT2D eigenvalue weighted by Crippen LogP contribution is 2.45. The Morgan fingerprint density at radius 2 is 1.91 bits per heavy atom. The SMILES string of the molecule is CS(=O)(=O)N[C@H]1CC[C@@]2(Cc3ccc(F)c(c3)-c3ccc(F)c(F)c3OCc3coc2n3)C1. The molecule has 1 aromatic heterocycles. The third-order valence-corrected chi connectivity index (χ3v) is 7.03. The summed E-state index contributed by atoms with van der Waals surface area (Å²) in [4.78, 5) is 4.53. The molecule has 1 saturated carbocycles. The first kappa shape index (κ1) is 22.0. The zero-order valence-corrected chi connectivity index (χ0v) is 18.5. The summed E-state index contributed by atoms with van der Waals surface area (Å²) in [6.45, 7) is -0.209. The molecule has 0 radical (unpaired) electrons. The van der Waals surface area contributed by atoms with Gasteiger partial charge in [0.05, 0.1) is 11.7 Å². The van der Waals surface area contributed by atoms with Crippen LogP contribution in [0.1, 0.15) is 36.4 Å². The Morgan fingerprint density at radius 3 is 2.70 bits per heavy atom. The minimum absolute atomic E-state index is 0.0881. The number of hydrogen-bond acceptors (Lipinski definition) is 5. The molecule has 3 aromatic rings. The molecule has 1 aliphatic heterocycles. The molecular formula is C23H21F3N2O4S. The van der Waals surface area contributed by atoms with Crippen molar-refractivity contribution in [2.45, 2.75) is 43.7 Å². The Kier molecular flexibility index (Phi) is 5.24. The van der Waals surface area contributed by atoms with Gasteiger partial charge in [-0.15, -0.1) is 0 Å². The number of halogens is 3. The second kappa shape index (κ2) is 7.88. The molecule has 2 atom stereocenters. The molecule has 1 N–H and O–H groups in total. The van der Waals surface area contributed by atoms with Gasteiger partial charge in [0, 0.05) is 17.2 Å². The lowest BCUT2D eigenvalue weighted by molar-refractivity contribution is 0.281. The van der Waals surface area contributed by atoms with Gasteiger partial charge in [-0.05, 0) is 55.5 Å². The summed E-state index contributed by atoms with van der Waals surface area (Å²) in [5, 5.41) is 0. The molecule has 5 rings (SSSR count). The minimum Gasteiger partial charge on any atom is -0.483 e. The van der Waals surface area contributed by atoms with Crippen molar-refractivity contribution in [3.8, 4) is 16.9 Å². The standard InChI is InChI=1S/C23H21F3N2O4S/c1-33(29,30)28-14-6-7-23(10-14)9-13-2-4-18(24)17(8-13)16-3-5-19(25)20(26)21(16)31-11-15-12-32-22(23)27-15/h2-5,8,12,14,28H,6-7,9-11H2,1H3/t14-,23+/m0/s1. The van der Waals surface area contributed by atoms with Crippen LogP contribution in [-0.2, 0) is 28.5 Å². The van der Waals surface area contributed by atoms with Gasteiger partial charge in [0.2, 0.25) is 21.7 Å². The lowest BCUT2D eigenvalue weighted by atomic mass is 9.79. The largest absolute Gasteiger partial charge is 0.483 e. The van der Waals surface area contributed by atoms with Gasteiger partial charge in [-0.3, -0.25) is 0 Å². The van der Waals surface area contributed by atoms with Gasteiger partial charge < -0.3 is 9.15 Å². The predicted octanol–water partition coefficient (Wildman–Crippen LogP) is 4.23. The van der Waals surface area contributed by atoms with E-state index in [-0.39, 0.29) is 23.8 Å². The summed E-state index contributed by atoms with van der Waals surface area (Å²) in [7, 11) is -3.40. The maximum Gasteiger partial charge on any atom is 0.208 e. The number of sulfonamides is 1. The maximum absolute atomic E-state index is 14.8. The van der Waals surface area contributed by atoms with Crippen molar-refractivity contribution in [2.75, 3.05) is 6.26 Å². The number of benzene rings is 2. The first-order chi connectivity index (χ1) is 15.6. The van der Waals surface area contributed by atoms with Crippen molar-refractivity contribution in [1.29, 1.82) is 0 Å². The Balaban J connectivity index is 1.63. The van der Waals surface area contributed by atoms with Gasteiger partial charge >= 0.3 is 0 Å². The van der Waals surface area contributed by atoms with Crippen LogP contribution < -0.4 is 9.46 Å². The smallest absolute Gasteiger partial charge is 0.208 e. The average Bonchev–Trinajstić information content (AvgIpc) is 3.37. The molecule has 33 heavy (non-hydrogen) atoms. The van der Waals surface area contributed by atoms with Crippen LogP contribution in [-0.4, -0.2) is 25.7 Å². The van der Waals surface area contributed by atoms with Crippen LogP contribution in [0.3, 0.4) is 0 Å². The van der Waals surface area contributed by atoms with Crippen molar-refractivity contribution in [3.05, 3.63) is 71.2 Å². The topological polar surface area (TPSA) is 81.4 Å². The fraction of sp³-hybridized carbons (Fsp3) is 0.348. The summed E-state index contributed by atoms with van der Waals surface area (Å²) >= 11 is 0. The molecular weight excluding hydrogens is 457 g/mol. The van der Waals surface area contributed by atoms with Gasteiger partial charge in [-0.25, -0.2) is 26.9 Å². The number of hydrogen-bond donors (Lipinski definition) is 1. The van der Waals surface area contributed by atoms with Crippen LogP contribution in [0.25, 0.3) is 11.1 Å². The summed E-state index contributed by atoms with van der Waals surface area (Å²) in [5.74, 6) is -2.90. The fourth-order valence-electron chi connectivity index (χ4n) is 4.89. The first-order valence-electron chi connectivity index (χ1n) is 10.5. The average molecular weight is 478 g/mol. The molecule has 2 aromatic carbocycles. The highest BCUT2D eigenvalue weighted by molar-refractivity contribution is 7.88. The van der Waals surface area contributed by atoms with E-state index in [0.717, 1.165) is 17.9 Å². The van der Waals surface area contributed by atoms with E-state index in [9.17, 15) is 21.6 Å². The van der Waals surface area contributed by atoms with Crippen molar-refractivity contribution in [3.63, 3.8) is 0 Å². The zero-order chi connectivity index (χ0) is 23.4. The van der Waals surface area contributed by atoms with Crippen LogP contribution in [0.5, 0.6) is 5.75 Å². The van der Waals surface area contributed by atoms with E-state index in [1.54, 1.807) is 12.1 Å². The van der Waals surface area contributed by atoms with Gasteiger partial charge in [-0.2, -0.15) is 4.39 Å². The molecule has 0 unspecified atom stereocenters. The number of oxazole rings is 1. The maximum atomic E-state index is 14.8. The van der Waals surface area contributed by atoms with Gasteiger partial charge in [0.1, 0.15) is 24.4 Å². The van der Waals surface area contributed by atoms with Crippen molar-refractivity contribution in [2.24, 2.45) is 0 Å². The number of nitrogens with one attached hydrogen (secondary N) is 1. The third kappa shape index (κ3) is 4.13. The van der Waals surface area contributed by atoms with Crippen LogP contribution >= 0.6 is 0 Å². The van der Waals surface area contributed by atoms with E-state index in [4.69, 9.17) is 9.15 Å².